The quantitative estimate of drug-likeness (QED) is 0.185. The van der Waals surface area contributed by atoms with Gasteiger partial charge in [0.2, 0.25) is 0 Å². The molecule has 2 N–H and O–H groups in total. The topological polar surface area (TPSA) is 38.9 Å². The summed E-state index contributed by atoms with van der Waals surface area (Å²) in [4.78, 5) is 0. The number of rotatable bonds is 3. The lowest BCUT2D eigenvalue weighted by Gasteiger charge is -2.28. The highest BCUT2D eigenvalue weighted by Gasteiger charge is 2.27. The molecule has 6 aromatic heterocycles. The molecule has 66 heavy (non-hydrogen) atoms. The Kier molecular flexibility index (Phi) is 6.93. The van der Waals surface area contributed by atoms with Crippen molar-refractivity contribution in [2.45, 2.75) is 0 Å². The maximum atomic E-state index is 3.93. The van der Waals surface area contributed by atoms with Crippen molar-refractivity contribution < 1.29 is 0 Å². The van der Waals surface area contributed by atoms with Crippen molar-refractivity contribution in [3.8, 4) is 0 Å². The van der Waals surface area contributed by atoms with Crippen LogP contribution >= 0.6 is 34.0 Å². The van der Waals surface area contributed by atoms with Crippen LogP contribution in [0.2, 0.25) is 0 Å². The summed E-state index contributed by atoms with van der Waals surface area (Å²) in [5, 5.41) is 15.1. The Morgan fingerprint density at radius 1 is 0.273 bits per heavy atom. The monoisotopic (exact) mass is 895 g/mol. The molecule has 8 heteroatoms. The van der Waals surface area contributed by atoms with Crippen molar-refractivity contribution >= 4 is 177 Å². The maximum absolute atomic E-state index is 3.93. The number of hydrazine groups is 1. The van der Waals surface area contributed by atoms with Gasteiger partial charge in [0.05, 0.1) is 38.8 Å². The fourth-order valence-corrected chi connectivity index (χ4v) is 14.6. The molecular weight excluding hydrogens is 863 g/mol. The van der Waals surface area contributed by atoms with Gasteiger partial charge in [-0.3, -0.25) is 20.0 Å². The first-order chi connectivity index (χ1) is 32.7. The Bertz CT molecular complexity index is 4710. The minimum absolute atomic E-state index is 0.943. The van der Waals surface area contributed by atoms with E-state index in [-0.39, 0.29) is 0 Å². The van der Waals surface area contributed by atoms with Gasteiger partial charge in [0.15, 0.2) is 5.82 Å². The Balaban J connectivity index is 1.07. The summed E-state index contributed by atoms with van der Waals surface area (Å²) in [7, 11) is 0. The first-order valence-electron chi connectivity index (χ1n) is 22.2. The van der Waals surface area contributed by atoms with Crippen molar-refractivity contribution in [3.63, 3.8) is 0 Å². The maximum Gasteiger partial charge on any atom is 0.154 e. The molecule has 0 bridgehead atoms. The molecule has 0 fully saturated rings. The van der Waals surface area contributed by atoms with Gasteiger partial charge in [-0.15, -0.1) is 34.0 Å². The summed E-state index contributed by atoms with van der Waals surface area (Å²) >= 11 is 5.62. The molecule has 9 aromatic carbocycles. The highest BCUT2D eigenvalue weighted by atomic mass is 32.1. The zero-order valence-electron chi connectivity index (χ0n) is 35.0. The Hall–Kier alpha value is -7.88. The molecule has 15 aromatic rings. The number of hydrogen-bond donors (Lipinski definition) is 2. The van der Waals surface area contributed by atoms with E-state index in [0.717, 1.165) is 44.9 Å². The largest absolute Gasteiger partial charge is 0.306 e. The average Bonchev–Trinajstić information content (AvgIpc) is 4.21. The summed E-state index contributed by atoms with van der Waals surface area (Å²) in [6.07, 6.45) is 2.38. The van der Waals surface area contributed by atoms with Gasteiger partial charge in [-0.1, -0.05) is 109 Å². The minimum atomic E-state index is 0.943. The third-order valence-electron chi connectivity index (χ3n) is 14.0. The van der Waals surface area contributed by atoms with Crippen LogP contribution in [0.25, 0.3) is 143 Å². The SMILES string of the molecule is C1=C(n2c3ccccc3c3cc4sc5ccccc5c4cc32)NNC(n2c3ccccc3c3cc4sc5ccccc5c4cc32)=C1n1c2ccccc2c2cc3sc4ccccc4c3cc21. The lowest BCUT2D eigenvalue weighted by atomic mass is 10.1. The number of nitrogens with zero attached hydrogens (tertiary/aromatic N) is 3. The number of fused-ring (bicyclic) bond motifs is 18. The number of nitrogens with one attached hydrogen (secondary N) is 2. The molecule has 1 aliphatic rings. The zero-order valence-corrected chi connectivity index (χ0v) is 37.4. The van der Waals surface area contributed by atoms with Gasteiger partial charge in [0.1, 0.15) is 5.82 Å². The Labute approximate surface area is 387 Å². The van der Waals surface area contributed by atoms with Crippen molar-refractivity contribution in [1.82, 2.24) is 24.6 Å². The second-order valence-electron chi connectivity index (χ2n) is 17.5. The fraction of sp³-hybridized carbons (Fsp3) is 0. The summed E-state index contributed by atoms with van der Waals surface area (Å²) < 4.78 is 15.2. The first kappa shape index (κ1) is 35.5. The summed E-state index contributed by atoms with van der Waals surface area (Å²) in [6, 6.07) is 67.6. The van der Waals surface area contributed by atoms with Crippen LogP contribution in [-0.4, -0.2) is 13.7 Å². The van der Waals surface area contributed by atoms with Gasteiger partial charge in [-0.2, -0.15) is 0 Å². The molecule has 0 spiro atoms. The van der Waals surface area contributed by atoms with Crippen LogP contribution in [0.3, 0.4) is 0 Å². The van der Waals surface area contributed by atoms with Crippen molar-refractivity contribution in [2.24, 2.45) is 0 Å². The van der Waals surface area contributed by atoms with E-state index in [1.165, 1.54) is 98.4 Å². The van der Waals surface area contributed by atoms with Gasteiger partial charge in [0, 0.05) is 98.9 Å². The van der Waals surface area contributed by atoms with Crippen LogP contribution in [0.15, 0.2) is 188 Å². The van der Waals surface area contributed by atoms with Gasteiger partial charge in [-0.25, -0.2) is 0 Å². The lowest BCUT2D eigenvalue weighted by Crippen LogP contribution is -2.37. The number of aromatic nitrogens is 3. The summed E-state index contributed by atoms with van der Waals surface area (Å²) in [5.74, 6) is 1.90. The molecule has 0 saturated heterocycles. The highest BCUT2D eigenvalue weighted by Crippen LogP contribution is 2.46. The van der Waals surface area contributed by atoms with E-state index in [4.69, 9.17) is 0 Å². The van der Waals surface area contributed by atoms with E-state index in [0.29, 0.717) is 0 Å². The van der Waals surface area contributed by atoms with Crippen LogP contribution in [-0.2, 0) is 0 Å². The molecule has 1 aliphatic heterocycles. The number of benzene rings is 9. The average molecular weight is 896 g/mol. The molecule has 0 unspecified atom stereocenters. The van der Waals surface area contributed by atoms with E-state index in [1.54, 1.807) is 0 Å². The van der Waals surface area contributed by atoms with Crippen molar-refractivity contribution in [2.75, 3.05) is 0 Å². The van der Waals surface area contributed by atoms with Crippen LogP contribution in [0.1, 0.15) is 0 Å². The molecular formula is C58H33N5S3. The number of allylic oxidation sites excluding steroid dienone is 2. The fourth-order valence-electron chi connectivity index (χ4n) is 11.2. The smallest absolute Gasteiger partial charge is 0.154 e. The van der Waals surface area contributed by atoms with E-state index < -0.39 is 0 Å². The summed E-state index contributed by atoms with van der Waals surface area (Å²) in [5.41, 5.74) is 15.7. The molecule has 0 amide bonds. The van der Waals surface area contributed by atoms with E-state index in [2.05, 4.69) is 213 Å². The predicted octanol–water partition coefficient (Wildman–Crippen LogP) is 16.5. The van der Waals surface area contributed by atoms with E-state index in [1.807, 2.05) is 34.0 Å². The molecule has 308 valence electrons. The van der Waals surface area contributed by atoms with Crippen LogP contribution in [0.5, 0.6) is 0 Å². The normalized spacial score (nSPS) is 13.7. The molecule has 16 rings (SSSR count). The van der Waals surface area contributed by atoms with Crippen molar-refractivity contribution in [1.29, 1.82) is 0 Å². The molecule has 7 heterocycles. The number of hydrogen-bond acceptors (Lipinski definition) is 5. The van der Waals surface area contributed by atoms with Crippen LogP contribution in [0.4, 0.5) is 0 Å². The lowest BCUT2D eigenvalue weighted by molar-refractivity contribution is 0.741. The van der Waals surface area contributed by atoms with Crippen LogP contribution in [0, 0.1) is 0 Å². The third-order valence-corrected chi connectivity index (χ3v) is 17.4. The first-order valence-corrected chi connectivity index (χ1v) is 24.7. The molecule has 0 aliphatic carbocycles. The minimum Gasteiger partial charge on any atom is -0.306 e. The highest BCUT2D eigenvalue weighted by molar-refractivity contribution is 7.26. The number of thiophene rings is 3. The van der Waals surface area contributed by atoms with Gasteiger partial charge in [0.25, 0.3) is 0 Å². The van der Waals surface area contributed by atoms with E-state index in [9.17, 15) is 0 Å². The van der Waals surface area contributed by atoms with E-state index >= 15 is 0 Å². The van der Waals surface area contributed by atoms with Crippen molar-refractivity contribution in [3.05, 3.63) is 188 Å². The Morgan fingerprint density at radius 2 is 0.636 bits per heavy atom. The van der Waals surface area contributed by atoms with Gasteiger partial charge >= 0.3 is 0 Å². The van der Waals surface area contributed by atoms with Crippen LogP contribution < -0.4 is 10.9 Å². The second-order valence-corrected chi connectivity index (χ2v) is 20.7. The van der Waals surface area contributed by atoms with Gasteiger partial charge in [-0.05, 0) is 72.8 Å². The molecule has 0 saturated carbocycles. The molecule has 0 radical (unpaired) electrons. The third kappa shape index (κ3) is 4.67. The zero-order chi connectivity index (χ0) is 42.8. The predicted molar refractivity (Wildman–Crippen MR) is 287 cm³/mol. The van der Waals surface area contributed by atoms with Gasteiger partial charge < -0.3 is 4.57 Å². The standard InChI is InChI=1S/C58H33N5S3/c1-7-19-44-32(13-1)38-28-54-41(35-16-4-10-22-51(35)64-54)25-47(38)61(44)50-31-57(62-45-20-8-2-14-33(45)39-29-55-42(26-48(39)62)36-17-5-11-23-52(36)65-55)59-60-58(50)63-46-21-9-3-15-34(46)40-30-56-43(27-49(40)63)37-18-6-12-24-53(37)66-56/h1-31,59-60H. The molecule has 0 atom stereocenters. The molecule has 5 nitrogen and oxygen atoms in total. The number of para-hydroxylation sites is 3. The Morgan fingerprint density at radius 3 is 1.11 bits per heavy atom. The summed E-state index contributed by atoms with van der Waals surface area (Å²) in [6.45, 7) is 0. The second kappa shape index (κ2) is 12.9.